The Morgan fingerprint density at radius 2 is 2.35 bits per heavy atom. The van der Waals surface area contributed by atoms with Gasteiger partial charge in [-0.15, -0.1) is 12.4 Å². The van der Waals surface area contributed by atoms with Crippen LogP contribution in [0.2, 0.25) is 5.02 Å². The minimum atomic E-state index is -0.0991. The summed E-state index contributed by atoms with van der Waals surface area (Å²) in [5, 5.41) is 6.86. The Morgan fingerprint density at radius 3 is 3.05 bits per heavy atom. The molecule has 2 N–H and O–H groups in total. The summed E-state index contributed by atoms with van der Waals surface area (Å²) in [7, 11) is 0. The van der Waals surface area contributed by atoms with Crippen molar-refractivity contribution in [1.29, 1.82) is 0 Å². The maximum absolute atomic E-state index is 11.6. The molecule has 1 aromatic carbocycles. The van der Waals surface area contributed by atoms with Gasteiger partial charge in [0.1, 0.15) is 5.75 Å². The number of ether oxygens (including phenoxy) is 1. The smallest absolute Gasteiger partial charge is 0.257 e. The van der Waals surface area contributed by atoms with E-state index in [1.165, 1.54) is 12.8 Å². The van der Waals surface area contributed by atoms with Crippen molar-refractivity contribution >= 4 is 29.9 Å². The Kier molecular flexibility index (Phi) is 7.73. The third-order valence-corrected chi connectivity index (χ3v) is 3.38. The van der Waals surface area contributed by atoms with Crippen LogP contribution in [0.1, 0.15) is 19.3 Å². The molecule has 0 saturated carbocycles. The quantitative estimate of drug-likeness (QED) is 0.846. The molecular weight excluding hydrogens is 299 g/mol. The van der Waals surface area contributed by atoms with E-state index in [4.69, 9.17) is 16.3 Å². The molecule has 4 nitrogen and oxygen atoms in total. The Balaban J connectivity index is 0.00000200. The molecule has 1 fully saturated rings. The van der Waals surface area contributed by atoms with Gasteiger partial charge in [-0.2, -0.15) is 0 Å². The molecule has 112 valence electrons. The molecule has 0 spiro atoms. The fraction of sp³-hybridized carbons (Fsp3) is 0.500. The highest BCUT2D eigenvalue weighted by atomic mass is 35.5. The average molecular weight is 319 g/mol. The van der Waals surface area contributed by atoms with Crippen LogP contribution in [0.3, 0.4) is 0 Å². The van der Waals surface area contributed by atoms with Crippen molar-refractivity contribution in [1.82, 2.24) is 10.6 Å². The van der Waals surface area contributed by atoms with Gasteiger partial charge in [0.25, 0.3) is 5.91 Å². The van der Waals surface area contributed by atoms with Crippen molar-refractivity contribution in [3.8, 4) is 5.75 Å². The molecule has 1 amide bonds. The third kappa shape index (κ3) is 5.99. The SMILES string of the molecule is Cl.O=C(COc1cccc(Cl)c1)NCC[C@H]1CCCN1. The first-order valence-electron chi connectivity index (χ1n) is 6.62. The third-order valence-electron chi connectivity index (χ3n) is 3.14. The van der Waals surface area contributed by atoms with Crippen molar-refractivity contribution < 1.29 is 9.53 Å². The Hall–Kier alpha value is -0.970. The number of hydrogen-bond donors (Lipinski definition) is 2. The second-order valence-electron chi connectivity index (χ2n) is 4.68. The fourth-order valence-corrected chi connectivity index (χ4v) is 2.33. The van der Waals surface area contributed by atoms with Crippen LogP contribution in [0, 0.1) is 0 Å². The molecule has 1 atom stereocenters. The van der Waals surface area contributed by atoms with Crippen molar-refractivity contribution in [2.45, 2.75) is 25.3 Å². The summed E-state index contributed by atoms with van der Waals surface area (Å²) in [6.45, 7) is 1.81. The highest BCUT2D eigenvalue weighted by Crippen LogP contribution is 2.16. The molecule has 0 aromatic heterocycles. The van der Waals surface area contributed by atoms with E-state index < -0.39 is 0 Å². The van der Waals surface area contributed by atoms with E-state index in [1.807, 2.05) is 0 Å². The zero-order valence-corrected chi connectivity index (χ0v) is 12.8. The van der Waals surface area contributed by atoms with Gasteiger partial charge in [0.05, 0.1) is 0 Å². The van der Waals surface area contributed by atoms with E-state index in [9.17, 15) is 4.79 Å². The minimum Gasteiger partial charge on any atom is -0.484 e. The summed E-state index contributed by atoms with van der Waals surface area (Å²) in [5.41, 5.74) is 0. The lowest BCUT2D eigenvalue weighted by atomic mass is 10.1. The van der Waals surface area contributed by atoms with Crippen LogP contribution in [-0.2, 0) is 4.79 Å². The van der Waals surface area contributed by atoms with Gasteiger partial charge >= 0.3 is 0 Å². The molecule has 2 rings (SSSR count). The van der Waals surface area contributed by atoms with Crippen LogP contribution < -0.4 is 15.4 Å². The Bertz CT molecular complexity index is 423. The second-order valence-corrected chi connectivity index (χ2v) is 5.11. The number of benzene rings is 1. The topological polar surface area (TPSA) is 50.4 Å². The molecule has 0 unspecified atom stereocenters. The normalized spacial score (nSPS) is 17.4. The van der Waals surface area contributed by atoms with Gasteiger partial charge in [0.15, 0.2) is 6.61 Å². The highest BCUT2D eigenvalue weighted by molar-refractivity contribution is 6.30. The molecule has 20 heavy (non-hydrogen) atoms. The predicted molar refractivity (Wildman–Crippen MR) is 82.8 cm³/mol. The number of nitrogens with one attached hydrogen (secondary N) is 2. The summed E-state index contributed by atoms with van der Waals surface area (Å²) in [6, 6.07) is 7.58. The molecule has 0 radical (unpaired) electrons. The summed E-state index contributed by atoms with van der Waals surface area (Å²) in [4.78, 5) is 11.6. The van der Waals surface area contributed by atoms with E-state index in [1.54, 1.807) is 24.3 Å². The fourth-order valence-electron chi connectivity index (χ4n) is 2.15. The van der Waals surface area contributed by atoms with Gasteiger partial charge in [-0.1, -0.05) is 17.7 Å². The molecule has 0 bridgehead atoms. The van der Waals surface area contributed by atoms with Gasteiger partial charge < -0.3 is 15.4 Å². The molecular formula is C14H20Cl2N2O2. The van der Waals surface area contributed by atoms with Gasteiger partial charge in [0, 0.05) is 17.6 Å². The maximum Gasteiger partial charge on any atom is 0.257 e. The molecule has 1 heterocycles. The van der Waals surface area contributed by atoms with Gasteiger partial charge in [-0.05, 0) is 44.0 Å². The highest BCUT2D eigenvalue weighted by Gasteiger charge is 2.13. The van der Waals surface area contributed by atoms with Crippen LogP contribution in [0.5, 0.6) is 5.75 Å². The number of halogens is 2. The maximum atomic E-state index is 11.6. The summed E-state index contributed by atoms with van der Waals surface area (Å²) in [5.74, 6) is 0.512. The molecule has 1 aromatic rings. The van der Waals surface area contributed by atoms with Crippen molar-refractivity contribution in [3.63, 3.8) is 0 Å². The second kappa shape index (κ2) is 9.06. The Labute approximate surface area is 130 Å². The lowest BCUT2D eigenvalue weighted by Crippen LogP contribution is -2.33. The lowest BCUT2D eigenvalue weighted by Gasteiger charge is -2.11. The van der Waals surface area contributed by atoms with E-state index in [0.29, 0.717) is 23.4 Å². The van der Waals surface area contributed by atoms with E-state index in [-0.39, 0.29) is 24.9 Å². The zero-order valence-electron chi connectivity index (χ0n) is 11.2. The average Bonchev–Trinajstić information content (AvgIpc) is 2.90. The first kappa shape index (κ1) is 17.1. The van der Waals surface area contributed by atoms with E-state index in [2.05, 4.69) is 10.6 Å². The standard InChI is InChI=1S/C14H19ClN2O2.ClH/c15-11-3-1-5-13(9-11)19-10-14(18)17-8-6-12-4-2-7-16-12;/h1,3,5,9,12,16H,2,4,6-8,10H2,(H,17,18);1H/t12-;/m1./s1. The van der Waals surface area contributed by atoms with Crippen LogP contribution in [0.25, 0.3) is 0 Å². The number of amides is 1. The summed E-state index contributed by atoms with van der Waals surface area (Å²) < 4.78 is 5.36. The molecule has 1 aliphatic heterocycles. The first-order chi connectivity index (χ1) is 9.24. The van der Waals surface area contributed by atoms with Crippen molar-refractivity contribution in [2.24, 2.45) is 0 Å². The Morgan fingerprint density at radius 1 is 1.50 bits per heavy atom. The number of hydrogen-bond acceptors (Lipinski definition) is 3. The monoisotopic (exact) mass is 318 g/mol. The number of carbonyl (C=O) groups is 1. The molecule has 1 aliphatic rings. The number of carbonyl (C=O) groups excluding carboxylic acids is 1. The summed E-state index contributed by atoms with van der Waals surface area (Å²) >= 11 is 5.83. The molecule has 1 saturated heterocycles. The van der Waals surface area contributed by atoms with Crippen LogP contribution in [-0.4, -0.2) is 31.6 Å². The van der Waals surface area contributed by atoms with Gasteiger partial charge in [-0.25, -0.2) is 0 Å². The zero-order chi connectivity index (χ0) is 13.5. The summed E-state index contributed by atoms with van der Waals surface area (Å²) in [6.07, 6.45) is 3.41. The van der Waals surface area contributed by atoms with Crippen LogP contribution >= 0.6 is 24.0 Å². The minimum absolute atomic E-state index is 0. The predicted octanol–water partition coefficient (Wildman–Crippen LogP) is 2.40. The first-order valence-corrected chi connectivity index (χ1v) is 7.00. The molecule has 0 aliphatic carbocycles. The van der Waals surface area contributed by atoms with Crippen molar-refractivity contribution in [3.05, 3.63) is 29.3 Å². The van der Waals surface area contributed by atoms with Crippen LogP contribution in [0.4, 0.5) is 0 Å². The van der Waals surface area contributed by atoms with E-state index in [0.717, 1.165) is 13.0 Å². The largest absolute Gasteiger partial charge is 0.484 e. The van der Waals surface area contributed by atoms with Gasteiger partial charge in [-0.3, -0.25) is 4.79 Å². The van der Waals surface area contributed by atoms with E-state index >= 15 is 0 Å². The molecule has 6 heteroatoms. The van der Waals surface area contributed by atoms with Crippen molar-refractivity contribution in [2.75, 3.05) is 19.7 Å². The lowest BCUT2D eigenvalue weighted by molar-refractivity contribution is -0.123. The van der Waals surface area contributed by atoms with Gasteiger partial charge in [0.2, 0.25) is 0 Å². The number of rotatable bonds is 6. The van der Waals surface area contributed by atoms with Crippen LogP contribution in [0.15, 0.2) is 24.3 Å².